The monoisotopic (exact) mass is 184 g/mol. The number of hydrogen-bond donors (Lipinski definition) is 1. The topological polar surface area (TPSA) is 20.2 Å². The Bertz CT molecular complexity index is 168. The third kappa shape index (κ3) is 2.25. The molecule has 0 aromatic carbocycles. The van der Waals surface area contributed by atoms with E-state index in [1.165, 1.54) is 6.42 Å². The van der Waals surface area contributed by atoms with Crippen LogP contribution in [0.25, 0.3) is 0 Å². The molecule has 1 fully saturated rings. The Labute approximate surface area is 82.5 Å². The molecule has 1 nitrogen and oxygen atoms in total. The predicted molar refractivity (Wildman–Crippen MR) is 56.6 cm³/mol. The average molecular weight is 184 g/mol. The van der Waals surface area contributed by atoms with Crippen molar-refractivity contribution < 1.29 is 5.11 Å². The van der Waals surface area contributed by atoms with Gasteiger partial charge in [-0.25, -0.2) is 0 Å². The van der Waals surface area contributed by atoms with Gasteiger partial charge in [-0.05, 0) is 36.5 Å². The zero-order valence-electron chi connectivity index (χ0n) is 9.72. The lowest BCUT2D eigenvalue weighted by molar-refractivity contribution is -0.109. The highest BCUT2D eigenvalue weighted by Gasteiger charge is 2.44. The third-order valence-corrected chi connectivity index (χ3v) is 3.57. The van der Waals surface area contributed by atoms with Gasteiger partial charge in [0.25, 0.3) is 0 Å². The lowest BCUT2D eigenvalue weighted by Crippen LogP contribution is -2.48. The van der Waals surface area contributed by atoms with Gasteiger partial charge in [0.05, 0.1) is 5.60 Å². The lowest BCUT2D eigenvalue weighted by atomic mass is 9.63. The van der Waals surface area contributed by atoms with Gasteiger partial charge in [0.1, 0.15) is 0 Å². The second-order valence-electron chi connectivity index (χ2n) is 6.14. The van der Waals surface area contributed by atoms with Gasteiger partial charge in [0.15, 0.2) is 0 Å². The standard InChI is InChI=1S/C12H24O/c1-9-6-10(2)8-12(13,7-9)11(3,4)5/h9-10,13H,6-8H2,1-5H3. The van der Waals surface area contributed by atoms with Crippen LogP contribution in [-0.4, -0.2) is 10.7 Å². The van der Waals surface area contributed by atoms with Gasteiger partial charge < -0.3 is 5.11 Å². The van der Waals surface area contributed by atoms with Crippen LogP contribution in [-0.2, 0) is 0 Å². The summed E-state index contributed by atoms with van der Waals surface area (Å²) in [4.78, 5) is 0. The first kappa shape index (κ1) is 11.0. The maximum Gasteiger partial charge on any atom is 0.0700 e. The highest BCUT2D eigenvalue weighted by Crippen LogP contribution is 2.45. The van der Waals surface area contributed by atoms with Crippen molar-refractivity contribution in [2.45, 2.75) is 59.5 Å². The Morgan fingerprint density at radius 1 is 1.08 bits per heavy atom. The second kappa shape index (κ2) is 3.27. The molecule has 1 aliphatic rings. The molecule has 1 N–H and O–H groups in total. The zero-order chi connectivity index (χ0) is 10.3. The summed E-state index contributed by atoms with van der Waals surface area (Å²) in [5.41, 5.74) is -0.417. The van der Waals surface area contributed by atoms with E-state index in [2.05, 4.69) is 34.6 Å². The molecule has 0 radical (unpaired) electrons. The summed E-state index contributed by atoms with van der Waals surface area (Å²) in [6, 6.07) is 0. The summed E-state index contributed by atoms with van der Waals surface area (Å²) in [6.07, 6.45) is 3.22. The van der Waals surface area contributed by atoms with Crippen LogP contribution in [0.1, 0.15) is 53.9 Å². The fourth-order valence-corrected chi connectivity index (χ4v) is 2.70. The van der Waals surface area contributed by atoms with E-state index >= 15 is 0 Å². The summed E-state index contributed by atoms with van der Waals surface area (Å²) in [7, 11) is 0. The van der Waals surface area contributed by atoms with Crippen molar-refractivity contribution in [2.75, 3.05) is 0 Å². The predicted octanol–water partition coefficient (Wildman–Crippen LogP) is 3.22. The van der Waals surface area contributed by atoms with E-state index in [9.17, 15) is 5.11 Å². The van der Waals surface area contributed by atoms with Crippen LogP contribution in [0.3, 0.4) is 0 Å². The van der Waals surface area contributed by atoms with Crippen LogP contribution in [0.5, 0.6) is 0 Å². The maximum atomic E-state index is 10.5. The molecular formula is C12H24O. The quantitative estimate of drug-likeness (QED) is 0.613. The lowest BCUT2D eigenvalue weighted by Gasteiger charge is -2.47. The molecule has 0 bridgehead atoms. The number of aliphatic hydroxyl groups is 1. The average Bonchev–Trinajstić information content (AvgIpc) is 1.79. The molecule has 0 spiro atoms. The van der Waals surface area contributed by atoms with E-state index in [-0.39, 0.29) is 5.41 Å². The molecule has 1 saturated carbocycles. The fraction of sp³-hybridized carbons (Fsp3) is 1.00. The van der Waals surface area contributed by atoms with E-state index in [1.54, 1.807) is 0 Å². The first-order chi connectivity index (χ1) is 5.74. The molecule has 0 aliphatic heterocycles. The fourth-order valence-electron chi connectivity index (χ4n) is 2.70. The molecule has 0 heterocycles. The Hall–Kier alpha value is -0.0400. The molecule has 0 amide bonds. The number of hydrogen-bond acceptors (Lipinski definition) is 1. The Balaban J connectivity index is 2.78. The maximum absolute atomic E-state index is 10.5. The Morgan fingerprint density at radius 2 is 1.46 bits per heavy atom. The van der Waals surface area contributed by atoms with Gasteiger partial charge in [0.2, 0.25) is 0 Å². The van der Waals surface area contributed by atoms with Gasteiger partial charge in [-0.1, -0.05) is 34.6 Å². The summed E-state index contributed by atoms with van der Waals surface area (Å²) in [5, 5.41) is 10.5. The normalized spacial score (nSPS) is 42.0. The van der Waals surface area contributed by atoms with Gasteiger partial charge in [0, 0.05) is 0 Å². The Morgan fingerprint density at radius 3 is 1.77 bits per heavy atom. The molecule has 1 rings (SSSR count). The summed E-state index contributed by atoms with van der Waals surface area (Å²) >= 11 is 0. The summed E-state index contributed by atoms with van der Waals surface area (Å²) in [6.45, 7) is 11.0. The highest BCUT2D eigenvalue weighted by atomic mass is 16.3. The van der Waals surface area contributed by atoms with Crippen LogP contribution in [0.4, 0.5) is 0 Å². The number of rotatable bonds is 0. The van der Waals surface area contributed by atoms with Crippen molar-refractivity contribution in [2.24, 2.45) is 17.3 Å². The van der Waals surface area contributed by atoms with E-state index in [0.717, 1.165) is 12.8 Å². The van der Waals surface area contributed by atoms with E-state index < -0.39 is 5.60 Å². The first-order valence-corrected chi connectivity index (χ1v) is 5.47. The van der Waals surface area contributed by atoms with E-state index in [1.807, 2.05) is 0 Å². The summed E-state index contributed by atoms with van der Waals surface area (Å²) in [5.74, 6) is 1.35. The minimum atomic E-state index is -0.440. The third-order valence-electron chi connectivity index (χ3n) is 3.57. The SMILES string of the molecule is CC1CC(C)CC(O)(C(C)(C)C)C1. The molecule has 2 unspecified atom stereocenters. The highest BCUT2D eigenvalue weighted by molar-refractivity contribution is 4.96. The largest absolute Gasteiger partial charge is 0.389 e. The smallest absolute Gasteiger partial charge is 0.0700 e. The molecule has 0 aromatic heterocycles. The zero-order valence-corrected chi connectivity index (χ0v) is 9.72. The van der Waals surface area contributed by atoms with Crippen molar-refractivity contribution in [3.63, 3.8) is 0 Å². The molecule has 13 heavy (non-hydrogen) atoms. The van der Waals surface area contributed by atoms with Gasteiger partial charge in [-0.15, -0.1) is 0 Å². The van der Waals surface area contributed by atoms with Crippen molar-refractivity contribution in [3.05, 3.63) is 0 Å². The minimum absolute atomic E-state index is 0.0238. The van der Waals surface area contributed by atoms with Crippen LogP contribution in [0.15, 0.2) is 0 Å². The van der Waals surface area contributed by atoms with Crippen LogP contribution >= 0.6 is 0 Å². The molecule has 78 valence electrons. The van der Waals surface area contributed by atoms with Crippen LogP contribution < -0.4 is 0 Å². The van der Waals surface area contributed by atoms with Crippen molar-refractivity contribution >= 4 is 0 Å². The molecule has 0 aromatic rings. The molecular weight excluding hydrogens is 160 g/mol. The van der Waals surface area contributed by atoms with Crippen LogP contribution in [0, 0.1) is 17.3 Å². The molecule has 1 aliphatic carbocycles. The van der Waals surface area contributed by atoms with Crippen molar-refractivity contribution in [3.8, 4) is 0 Å². The van der Waals surface area contributed by atoms with Gasteiger partial charge in [-0.2, -0.15) is 0 Å². The van der Waals surface area contributed by atoms with E-state index in [4.69, 9.17) is 0 Å². The molecule has 0 saturated heterocycles. The van der Waals surface area contributed by atoms with Gasteiger partial charge >= 0.3 is 0 Å². The van der Waals surface area contributed by atoms with E-state index in [0.29, 0.717) is 11.8 Å². The molecule has 1 heteroatoms. The second-order valence-corrected chi connectivity index (χ2v) is 6.14. The van der Waals surface area contributed by atoms with Gasteiger partial charge in [-0.3, -0.25) is 0 Å². The van der Waals surface area contributed by atoms with Crippen molar-refractivity contribution in [1.82, 2.24) is 0 Å². The summed E-state index contributed by atoms with van der Waals surface area (Å²) < 4.78 is 0. The Kier molecular flexibility index (Phi) is 2.78. The molecule has 2 atom stereocenters. The van der Waals surface area contributed by atoms with Crippen LogP contribution in [0.2, 0.25) is 0 Å². The van der Waals surface area contributed by atoms with Crippen molar-refractivity contribution in [1.29, 1.82) is 0 Å². The minimum Gasteiger partial charge on any atom is -0.389 e. The first-order valence-electron chi connectivity index (χ1n) is 5.47.